The second-order valence-electron chi connectivity index (χ2n) is 4.70. The standard InChI is InChI=1S/C10H8F11NO2/c11-6(8(14,15)16,9(17,18)19)5(23)7(12,13)10(20,21)22-1-3-24-4-2-22/h1-4H2. The van der Waals surface area contributed by atoms with E-state index in [1.807, 2.05) is 0 Å². The first-order valence-electron chi connectivity index (χ1n) is 5.97. The number of nitrogens with zero attached hydrogens (tertiary/aromatic N) is 1. The van der Waals surface area contributed by atoms with Crippen molar-refractivity contribution >= 4 is 5.78 Å². The molecule has 0 aromatic carbocycles. The fourth-order valence-electron chi connectivity index (χ4n) is 1.81. The van der Waals surface area contributed by atoms with Crippen molar-refractivity contribution in [2.45, 2.75) is 30.0 Å². The summed E-state index contributed by atoms with van der Waals surface area (Å²) in [5.74, 6) is -11.2. The molecule has 14 heteroatoms. The van der Waals surface area contributed by atoms with Crippen LogP contribution in [0.3, 0.4) is 0 Å². The lowest BCUT2D eigenvalue weighted by atomic mass is 9.92. The second-order valence-corrected chi connectivity index (χ2v) is 4.70. The highest BCUT2D eigenvalue weighted by atomic mass is 19.4. The minimum atomic E-state index is -7.22. The minimum absolute atomic E-state index is 0.554. The number of ether oxygens (including phenoxy) is 1. The van der Waals surface area contributed by atoms with Crippen molar-refractivity contribution in [3.05, 3.63) is 0 Å². The van der Waals surface area contributed by atoms with Crippen LogP contribution in [0.25, 0.3) is 0 Å². The molecule has 0 unspecified atom stereocenters. The Morgan fingerprint density at radius 2 is 1.12 bits per heavy atom. The quantitative estimate of drug-likeness (QED) is 0.553. The maximum absolute atomic E-state index is 13.6. The molecule has 0 atom stereocenters. The second kappa shape index (κ2) is 5.97. The fraction of sp³-hybridized carbons (Fsp3) is 0.900. The van der Waals surface area contributed by atoms with Gasteiger partial charge in [0, 0.05) is 13.1 Å². The van der Waals surface area contributed by atoms with Crippen LogP contribution in [0.2, 0.25) is 0 Å². The average molecular weight is 383 g/mol. The van der Waals surface area contributed by atoms with E-state index in [9.17, 15) is 53.1 Å². The normalized spacial score (nSPS) is 19.5. The Bertz CT molecular complexity index is 464. The molecule has 24 heavy (non-hydrogen) atoms. The van der Waals surface area contributed by atoms with Gasteiger partial charge in [-0.05, 0) is 0 Å². The molecule has 1 aliphatic heterocycles. The molecule has 3 nitrogen and oxygen atoms in total. The number of hydrogen-bond acceptors (Lipinski definition) is 3. The van der Waals surface area contributed by atoms with Gasteiger partial charge in [-0.3, -0.25) is 4.79 Å². The first-order chi connectivity index (χ1) is 10.5. The van der Waals surface area contributed by atoms with E-state index < -0.39 is 67.0 Å². The molecule has 1 heterocycles. The maximum Gasteiger partial charge on any atom is 0.439 e. The summed E-state index contributed by atoms with van der Waals surface area (Å²) in [6, 6.07) is -5.79. The largest absolute Gasteiger partial charge is 0.439 e. The van der Waals surface area contributed by atoms with E-state index in [4.69, 9.17) is 0 Å². The maximum atomic E-state index is 13.6. The Kier molecular flexibility index (Phi) is 5.19. The van der Waals surface area contributed by atoms with Crippen molar-refractivity contribution in [1.29, 1.82) is 0 Å². The molecule has 0 aliphatic carbocycles. The summed E-state index contributed by atoms with van der Waals surface area (Å²) >= 11 is 0. The fourth-order valence-corrected chi connectivity index (χ4v) is 1.81. The van der Waals surface area contributed by atoms with Gasteiger partial charge >= 0.3 is 30.0 Å². The number of alkyl halides is 11. The molecule has 1 aliphatic rings. The van der Waals surface area contributed by atoms with Crippen LogP contribution in [0.5, 0.6) is 0 Å². The highest BCUT2D eigenvalue weighted by molar-refractivity contribution is 5.96. The molecule has 0 saturated carbocycles. The zero-order valence-electron chi connectivity index (χ0n) is 11.2. The van der Waals surface area contributed by atoms with Gasteiger partial charge in [0.2, 0.25) is 0 Å². The van der Waals surface area contributed by atoms with E-state index >= 15 is 0 Å². The van der Waals surface area contributed by atoms with Crippen LogP contribution in [0.1, 0.15) is 0 Å². The number of carbonyl (C=O) groups is 1. The number of morpholine rings is 1. The SMILES string of the molecule is O=C(C(F)(F)C(F)(F)N1CCOCC1)C(F)(C(F)(F)F)C(F)(F)F. The van der Waals surface area contributed by atoms with E-state index in [2.05, 4.69) is 4.74 Å². The van der Waals surface area contributed by atoms with Crippen molar-refractivity contribution in [2.75, 3.05) is 26.3 Å². The predicted octanol–water partition coefficient (Wildman–Crippen LogP) is 2.95. The Morgan fingerprint density at radius 1 is 0.750 bits per heavy atom. The number of ketones is 1. The lowest BCUT2D eigenvalue weighted by molar-refractivity contribution is -0.343. The summed E-state index contributed by atoms with van der Waals surface area (Å²) in [5.41, 5.74) is -7.15. The van der Waals surface area contributed by atoms with Gasteiger partial charge in [-0.25, -0.2) is 9.29 Å². The highest BCUT2D eigenvalue weighted by Gasteiger charge is 2.84. The van der Waals surface area contributed by atoms with Crippen molar-refractivity contribution in [3.8, 4) is 0 Å². The summed E-state index contributed by atoms with van der Waals surface area (Å²) in [7, 11) is 0. The van der Waals surface area contributed by atoms with E-state index in [1.165, 1.54) is 0 Å². The van der Waals surface area contributed by atoms with Crippen LogP contribution >= 0.6 is 0 Å². The van der Waals surface area contributed by atoms with E-state index in [1.54, 1.807) is 0 Å². The Labute approximate surface area is 126 Å². The molecule has 0 bridgehead atoms. The van der Waals surface area contributed by atoms with Crippen molar-refractivity contribution in [3.63, 3.8) is 0 Å². The summed E-state index contributed by atoms with van der Waals surface area (Å²) < 4.78 is 146. The monoisotopic (exact) mass is 383 g/mol. The van der Waals surface area contributed by atoms with E-state index in [0.29, 0.717) is 0 Å². The smallest absolute Gasteiger partial charge is 0.379 e. The molecule has 0 aromatic rings. The van der Waals surface area contributed by atoms with Gasteiger partial charge in [-0.1, -0.05) is 0 Å². The zero-order valence-corrected chi connectivity index (χ0v) is 11.2. The lowest BCUT2D eigenvalue weighted by Gasteiger charge is -2.39. The Hall–Kier alpha value is -1.18. The first-order valence-corrected chi connectivity index (χ1v) is 5.97. The Balaban J connectivity index is 3.35. The van der Waals surface area contributed by atoms with Gasteiger partial charge in [0.25, 0.3) is 5.78 Å². The van der Waals surface area contributed by atoms with Crippen LogP contribution < -0.4 is 0 Å². The predicted molar refractivity (Wildman–Crippen MR) is 53.2 cm³/mol. The molecular weight excluding hydrogens is 375 g/mol. The number of Topliss-reactive ketones (excluding diaryl/α,β-unsaturated/α-hetero) is 1. The lowest BCUT2D eigenvalue weighted by Crippen LogP contribution is -2.70. The number of carbonyl (C=O) groups excluding carboxylic acids is 1. The molecule has 1 rings (SSSR count). The van der Waals surface area contributed by atoms with Gasteiger partial charge < -0.3 is 4.74 Å². The molecule has 1 saturated heterocycles. The van der Waals surface area contributed by atoms with Crippen LogP contribution in [0.4, 0.5) is 48.3 Å². The number of hydrogen-bond donors (Lipinski definition) is 0. The number of rotatable bonds is 4. The summed E-state index contributed by atoms with van der Waals surface area (Å²) in [6.07, 6.45) is -14.4. The summed E-state index contributed by atoms with van der Waals surface area (Å²) in [4.78, 5) is 10.4. The third-order valence-electron chi connectivity index (χ3n) is 3.17. The zero-order chi connectivity index (χ0) is 19.2. The van der Waals surface area contributed by atoms with Crippen LogP contribution in [-0.4, -0.2) is 67.0 Å². The van der Waals surface area contributed by atoms with Gasteiger partial charge in [-0.15, -0.1) is 0 Å². The van der Waals surface area contributed by atoms with Crippen molar-refractivity contribution < 1.29 is 57.8 Å². The Morgan fingerprint density at radius 3 is 1.46 bits per heavy atom. The number of halogens is 11. The van der Waals surface area contributed by atoms with Crippen LogP contribution in [0.15, 0.2) is 0 Å². The van der Waals surface area contributed by atoms with Crippen LogP contribution in [-0.2, 0) is 9.53 Å². The molecule has 142 valence electrons. The van der Waals surface area contributed by atoms with E-state index in [0.717, 1.165) is 0 Å². The topological polar surface area (TPSA) is 29.5 Å². The third-order valence-corrected chi connectivity index (χ3v) is 3.17. The first kappa shape index (κ1) is 20.9. The molecule has 0 aromatic heterocycles. The molecule has 0 amide bonds. The third kappa shape index (κ3) is 3.05. The summed E-state index contributed by atoms with van der Waals surface area (Å²) in [6.45, 7) is -3.24. The van der Waals surface area contributed by atoms with Gasteiger partial charge in [-0.2, -0.15) is 43.9 Å². The average Bonchev–Trinajstić information content (AvgIpc) is 2.43. The molecule has 0 radical (unpaired) electrons. The van der Waals surface area contributed by atoms with Crippen molar-refractivity contribution in [2.24, 2.45) is 0 Å². The van der Waals surface area contributed by atoms with Gasteiger partial charge in [0.05, 0.1) is 13.2 Å². The molecule has 1 fully saturated rings. The molecule has 0 N–H and O–H groups in total. The minimum Gasteiger partial charge on any atom is -0.379 e. The van der Waals surface area contributed by atoms with Gasteiger partial charge in [0.1, 0.15) is 0 Å². The molecular formula is C10H8F11NO2. The molecule has 0 spiro atoms. The van der Waals surface area contributed by atoms with Crippen LogP contribution in [0, 0.1) is 0 Å². The van der Waals surface area contributed by atoms with Crippen molar-refractivity contribution in [1.82, 2.24) is 4.90 Å². The van der Waals surface area contributed by atoms with E-state index in [-0.39, 0.29) is 0 Å². The summed E-state index contributed by atoms with van der Waals surface area (Å²) in [5, 5.41) is 0. The van der Waals surface area contributed by atoms with Gasteiger partial charge in [0.15, 0.2) is 0 Å². The highest BCUT2D eigenvalue weighted by Crippen LogP contribution is 2.52.